The monoisotopic (exact) mass is 514 g/mol. The van der Waals surface area contributed by atoms with E-state index in [-0.39, 0.29) is 30.9 Å². The van der Waals surface area contributed by atoms with Gasteiger partial charge in [0.1, 0.15) is 18.3 Å². The number of carbonyl (C=O) groups is 1. The fourth-order valence-electron chi connectivity index (χ4n) is 4.34. The number of fused-ring (bicyclic) bond motifs is 1. The van der Waals surface area contributed by atoms with Gasteiger partial charge in [0, 0.05) is 30.9 Å². The van der Waals surface area contributed by atoms with Gasteiger partial charge in [-0.25, -0.2) is 0 Å². The zero-order chi connectivity index (χ0) is 26.5. The number of rotatable bonds is 12. The molecule has 0 bridgehead atoms. The summed E-state index contributed by atoms with van der Waals surface area (Å²) >= 11 is 0. The molecule has 12 nitrogen and oxygen atoms in total. The Hall–Kier alpha value is -2.45. The first-order valence-electron chi connectivity index (χ1n) is 11.7. The molecular formula is C24H34O12. The second-order valence-corrected chi connectivity index (χ2v) is 8.71. The molecule has 12 heteroatoms. The molecule has 0 spiro atoms. The lowest BCUT2D eigenvalue weighted by atomic mass is 9.80. The third-order valence-corrected chi connectivity index (χ3v) is 6.30. The van der Waals surface area contributed by atoms with Gasteiger partial charge in [-0.2, -0.15) is 0 Å². The Kier molecular flexibility index (Phi) is 9.53. The minimum Gasteiger partial charge on any atom is -0.490 e. The van der Waals surface area contributed by atoms with Crippen molar-refractivity contribution in [2.45, 2.75) is 56.4 Å². The van der Waals surface area contributed by atoms with Crippen LogP contribution in [0.2, 0.25) is 0 Å². The third kappa shape index (κ3) is 5.59. The van der Waals surface area contributed by atoms with Crippen LogP contribution in [0.1, 0.15) is 25.3 Å². The SMILES string of the molecule is CCOC(=O)CCc1cc2ccoc2c(OC)c1O[C@@H]1O[C@H](CO)[C@@H](O)[C@H](O)[C@]1(O)CC(CO)CO. The van der Waals surface area contributed by atoms with E-state index >= 15 is 0 Å². The van der Waals surface area contributed by atoms with Crippen LogP contribution in [0, 0.1) is 5.92 Å². The number of esters is 1. The van der Waals surface area contributed by atoms with Crippen molar-refractivity contribution in [1.29, 1.82) is 0 Å². The Morgan fingerprint density at radius 3 is 2.53 bits per heavy atom. The molecule has 36 heavy (non-hydrogen) atoms. The van der Waals surface area contributed by atoms with E-state index in [1.54, 1.807) is 19.1 Å². The number of aliphatic hydroxyl groups excluding tert-OH is 5. The Morgan fingerprint density at radius 1 is 1.19 bits per heavy atom. The van der Waals surface area contributed by atoms with Gasteiger partial charge < -0.3 is 54.0 Å². The van der Waals surface area contributed by atoms with E-state index in [9.17, 15) is 35.4 Å². The van der Waals surface area contributed by atoms with Gasteiger partial charge in [-0.05, 0) is 37.5 Å². The molecule has 6 N–H and O–H groups in total. The fraction of sp³-hybridized carbons (Fsp3) is 0.625. The molecule has 1 aromatic carbocycles. The molecule has 2 heterocycles. The van der Waals surface area contributed by atoms with Crippen molar-refractivity contribution in [1.82, 2.24) is 0 Å². The number of hydrogen-bond donors (Lipinski definition) is 6. The van der Waals surface area contributed by atoms with Gasteiger partial charge in [-0.3, -0.25) is 4.79 Å². The molecule has 0 unspecified atom stereocenters. The number of aliphatic hydroxyl groups is 6. The highest BCUT2D eigenvalue weighted by Crippen LogP contribution is 2.44. The van der Waals surface area contributed by atoms with E-state index in [1.807, 2.05) is 0 Å². The van der Waals surface area contributed by atoms with Crippen molar-refractivity contribution >= 4 is 16.9 Å². The number of carbonyl (C=O) groups excluding carboxylic acids is 1. The Balaban J connectivity index is 2.06. The molecule has 1 aliphatic heterocycles. The summed E-state index contributed by atoms with van der Waals surface area (Å²) in [4.78, 5) is 12.0. The van der Waals surface area contributed by atoms with Crippen molar-refractivity contribution in [2.75, 3.05) is 33.5 Å². The summed E-state index contributed by atoms with van der Waals surface area (Å²) in [5.74, 6) is -1.15. The number of methoxy groups -OCH3 is 1. The third-order valence-electron chi connectivity index (χ3n) is 6.30. The molecule has 5 atom stereocenters. The van der Waals surface area contributed by atoms with E-state index in [2.05, 4.69) is 0 Å². The summed E-state index contributed by atoms with van der Waals surface area (Å²) < 4.78 is 27.8. The lowest BCUT2D eigenvalue weighted by molar-refractivity contribution is -0.325. The minimum absolute atomic E-state index is 0.00417. The number of benzene rings is 1. The van der Waals surface area contributed by atoms with Crippen LogP contribution >= 0.6 is 0 Å². The van der Waals surface area contributed by atoms with Crippen LogP contribution in [0.15, 0.2) is 22.8 Å². The Morgan fingerprint density at radius 2 is 1.92 bits per heavy atom. The van der Waals surface area contributed by atoms with Crippen LogP contribution in [0.5, 0.6) is 11.5 Å². The van der Waals surface area contributed by atoms with Crippen LogP contribution in [-0.2, 0) is 20.7 Å². The van der Waals surface area contributed by atoms with Crippen LogP contribution in [0.3, 0.4) is 0 Å². The summed E-state index contributed by atoms with van der Waals surface area (Å²) in [7, 11) is 1.37. The van der Waals surface area contributed by atoms with Crippen molar-refractivity contribution < 1.29 is 58.8 Å². The van der Waals surface area contributed by atoms with Gasteiger partial charge in [-0.15, -0.1) is 0 Å². The van der Waals surface area contributed by atoms with Gasteiger partial charge in [-0.1, -0.05) is 0 Å². The Labute approximate surface area is 207 Å². The van der Waals surface area contributed by atoms with Crippen LogP contribution < -0.4 is 9.47 Å². The smallest absolute Gasteiger partial charge is 0.306 e. The first-order chi connectivity index (χ1) is 17.2. The minimum atomic E-state index is -2.32. The second kappa shape index (κ2) is 12.2. The van der Waals surface area contributed by atoms with Gasteiger partial charge >= 0.3 is 5.97 Å². The van der Waals surface area contributed by atoms with Gasteiger partial charge in [0.15, 0.2) is 16.9 Å². The van der Waals surface area contributed by atoms with Gasteiger partial charge in [0.2, 0.25) is 12.0 Å². The highest BCUT2D eigenvalue weighted by Gasteiger charge is 2.57. The molecule has 0 aliphatic carbocycles. The maximum Gasteiger partial charge on any atom is 0.306 e. The summed E-state index contributed by atoms with van der Waals surface area (Å²) in [5, 5.41) is 62.2. The van der Waals surface area contributed by atoms with Crippen molar-refractivity contribution in [2.24, 2.45) is 5.92 Å². The van der Waals surface area contributed by atoms with Crippen LogP contribution in [0.25, 0.3) is 11.0 Å². The molecule has 0 radical (unpaired) electrons. The van der Waals surface area contributed by atoms with Crippen LogP contribution in [-0.4, -0.2) is 100 Å². The maximum atomic E-state index is 12.0. The fourth-order valence-corrected chi connectivity index (χ4v) is 4.34. The summed E-state index contributed by atoms with van der Waals surface area (Å²) in [6.45, 7) is 0.169. The first-order valence-corrected chi connectivity index (χ1v) is 11.7. The molecule has 3 rings (SSSR count). The predicted octanol–water partition coefficient (Wildman–Crippen LogP) is -0.523. The number of furan rings is 1. The lowest BCUT2D eigenvalue weighted by Crippen LogP contribution is -2.68. The molecule has 1 aliphatic rings. The maximum absolute atomic E-state index is 12.0. The number of aryl methyl sites for hydroxylation is 1. The number of hydrogen-bond acceptors (Lipinski definition) is 12. The molecule has 0 amide bonds. The zero-order valence-corrected chi connectivity index (χ0v) is 20.2. The van der Waals surface area contributed by atoms with E-state index in [4.69, 9.17) is 23.4 Å². The van der Waals surface area contributed by atoms with Crippen molar-refractivity contribution in [3.8, 4) is 11.5 Å². The number of ether oxygens (including phenoxy) is 4. The molecule has 202 valence electrons. The molecule has 0 saturated carbocycles. The molecule has 2 aromatic rings. The quantitative estimate of drug-likeness (QED) is 0.199. The largest absolute Gasteiger partial charge is 0.490 e. The van der Waals surface area contributed by atoms with E-state index in [1.165, 1.54) is 13.4 Å². The van der Waals surface area contributed by atoms with E-state index in [0.717, 1.165) is 0 Å². The summed E-state index contributed by atoms with van der Waals surface area (Å²) in [5.41, 5.74) is -1.53. The summed E-state index contributed by atoms with van der Waals surface area (Å²) in [6.07, 6.45) is -5.36. The second-order valence-electron chi connectivity index (χ2n) is 8.71. The average molecular weight is 515 g/mol. The van der Waals surface area contributed by atoms with E-state index in [0.29, 0.717) is 16.5 Å². The standard InChI is InChI=1S/C24H34O12/c1-3-33-17(28)5-4-14-8-15-6-7-34-19(15)21(32-2)20(14)36-23-24(31,9-13(10-25)11-26)22(30)18(29)16(12-27)35-23/h6-8,13,16,18,22-23,25-27,29-31H,3-5,9-12H2,1-2H3/t16-,18-,22+,23+,24-/m1/s1. The first kappa shape index (κ1) is 28.1. The lowest BCUT2D eigenvalue weighted by Gasteiger charge is -2.48. The molecule has 1 saturated heterocycles. The van der Waals surface area contributed by atoms with Crippen molar-refractivity contribution in [3.63, 3.8) is 0 Å². The Bertz CT molecular complexity index is 1000. The van der Waals surface area contributed by atoms with Crippen LogP contribution in [0.4, 0.5) is 0 Å². The molecular weight excluding hydrogens is 480 g/mol. The normalized spacial score (nSPS) is 26.4. The van der Waals surface area contributed by atoms with Gasteiger partial charge in [0.05, 0.1) is 26.6 Å². The highest BCUT2D eigenvalue weighted by atomic mass is 16.7. The van der Waals surface area contributed by atoms with E-state index < -0.39 is 68.3 Å². The zero-order valence-electron chi connectivity index (χ0n) is 20.2. The highest BCUT2D eigenvalue weighted by molar-refractivity contribution is 5.87. The topological polar surface area (TPSA) is 189 Å². The van der Waals surface area contributed by atoms with Gasteiger partial charge in [0.25, 0.3) is 0 Å². The summed E-state index contributed by atoms with van der Waals surface area (Å²) in [6, 6.07) is 3.40. The average Bonchev–Trinajstić information content (AvgIpc) is 3.34. The van der Waals surface area contributed by atoms with Crippen molar-refractivity contribution in [3.05, 3.63) is 24.0 Å². The molecule has 1 aromatic heterocycles. The predicted molar refractivity (Wildman–Crippen MR) is 123 cm³/mol. The molecule has 1 fully saturated rings.